The van der Waals surface area contributed by atoms with Crippen LogP contribution in [0.4, 0.5) is 0 Å². The molecule has 1 atom stereocenters. The average molecular weight is 761 g/mol. The summed E-state index contributed by atoms with van der Waals surface area (Å²) in [6.45, 7) is 3.68. The molecule has 0 saturated heterocycles. The molecule has 0 radical (unpaired) electrons. The highest BCUT2D eigenvalue weighted by atomic mass is 79.9. The molecule has 8 nitrogen and oxygen atoms in total. The van der Waals surface area contributed by atoms with Gasteiger partial charge in [0.05, 0.1) is 48.0 Å². The number of thiazole rings is 1. The number of methoxy groups -OCH3 is 2. The zero-order valence-corrected chi connectivity index (χ0v) is 30.8. The predicted molar refractivity (Wildman–Crippen MR) is 204 cm³/mol. The summed E-state index contributed by atoms with van der Waals surface area (Å²) in [6.07, 6.45) is 1.93. The Labute approximate surface area is 307 Å². The highest BCUT2D eigenvalue weighted by molar-refractivity contribution is 9.10. The van der Waals surface area contributed by atoms with Gasteiger partial charge in [-0.25, -0.2) is 9.79 Å². The Morgan fingerprint density at radius 1 is 0.902 bits per heavy atom. The number of rotatable bonds is 9. The fourth-order valence-corrected chi connectivity index (χ4v) is 7.79. The Morgan fingerprint density at radius 2 is 1.59 bits per heavy atom. The van der Waals surface area contributed by atoms with E-state index in [1.165, 1.54) is 11.3 Å². The minimum absolute atomic E-state index is 0.170. The van der Waals surface area contributed by atoms with E-state index >= 15 is 0 Å². The molecule has 0 N–H and O–H groups in total. The summed E-state index contributed by atoms with van der Waals surface area (Å²) in [7, 11) is 3.12. The van der Waals surface area contributed by atoms with Crippen LogP contribution in [0.1, 0.15) is 31.0 Å². The van der Waals surface area contributed by atoms with Crippen LogP contribution >= 0.6 is 27.3 Å². The number of esters is 1. The lowest BCUT2D eigenvalue weighted by molar-refractivity contribution is -0.139. The standard InChI is InChI=1S/C41H34BrN3O5S/c1-5-50-40(47)36-25(2)43-41-45(38(36)32-24-31(48-3)20-21-34(32)49-4)39(46)35(51-41)23-28-22-33(26-12-8-6-9-13-26)44(30-18-16-29(42)17-19-30)37(28)27-14-10-7-11-15-27/h6-24,38H,5H2,1-4H3/b35-23-/t38-/m0/s1. The number of carbonyl (C=O) groups is 1. The highest BCUT2D eigenvalue weighted by Gasteiger charge is 2.35. The second-order valence-corrected chi connectivity index (χ2v) is 13.7. The van der Waals surface area contributed by atoms with Crippen molar-refractivity contribution in [2.24, 2.45) is 4.99 Å². The van der Waals surface area contributed by atoms with Crippen molar-refractivity contribution in [3.63, 3.8) is 0 Å². The molecule has 4 aromatic carbocycles. The Morgan fingerprint density at radius 3 is 2.24 bits per heavy atom. The third kappa shape index (κ3) is 6.37. The first-order valence-corrected chi connectivity index (χ1v) is 18.0. The number of aromatic nitrogens is 2. The quantitative estimate of drug-likeness (QED) is 0.141. The Bertz CT molecular complexity index is 2470. The van der Waals surface area contributed by atoms with E-state index < -0.39 is 12.0 Å². The summed E-state index contributed by atoms with van der Waals surface area (Å²) in [5, 5.41) is 0. The van der Waals surface area contributed by atoms with Gasteiger partial charge in [0.15, 0.2) is 4.80 Å². The van der Waals surface area contributed by atoms with Crippen molar-refractivity contribution in [3.05, 3.63) is 156 Å². The number of hydrogen-bond acceptors (Lipinski definition) is 7. The normalized spacial score (nSPS) is 14.2. The maximum Gasteiger partial charge on any atom is 0.338 e. The fraction of sp³-hybridized carbons (Fsp3) is 0.146. The van der Waals surface area contributed by atoms with E-state index in [0.29, 0.717) is 32.1 Å². The maximum atomic E-state index is 14.7. The number of fused-ring (bicyclic) bond motifs is 1. The first kappa shape index (κ1) is 34.0. The molecule has 0 amide bonds. The molecule has 0 aliphatic carbocycles. The van der Waals surface area contributed by atoms with Crippen LogP contribution in [0.15, 0.2) is 135 Å². The lowest BCUT2D eigenvalue weighted by atomic mass is 9.94. The van der Waals surface area contributed by atoms with Gasteiger partial charge in [-0.3, -0.25) is 9.36 Å². The van der Waals surface area contributed by atoms with Gasteiger partial charge in [0.1, 0.15) is 17.5 Å². The number of benzene rings is 4. The van der Waals surface area contributed by atoms with E-state index in [0.717, 1.165) is 38.2 Å². The third-order valence-electron chi connectivity index (χ3n) is 8.77. The molecule has 51 heavy (non-hydrogen) atoms. The van der Waals surface area contributed by atoms with Gasteiger partial charge in [0, 0.05) is 21.3 Å². The largest absolute Gasteiger partial charge is 0.497 e. The number of nitrogens with zero attached hydrogens (tertiary/aromatic N) is 3. The van der Waals surface area contributed by atoms with E-state index in [4.69, 9.17) is 19.2 Å². The molecule has 0 unspecified atom stereocenters. The molecule has 0 bridgehead atoms. The van der Waals surface area contributed by atoms with Crippen LogP contribution in [-0.2, 0) is 9.53 Å². The molecule has 2 aromatic heterocycles. The number of carbonyl (C=O) groups excluding carboxylic acids is 1. The summed E-state index contributed by atoms with van der Waals surface area (Å²) in [5.41, 5.74) is 6.75. The zero-order chi connectivity index (χ0) is 35.6. The van der Waals surface area contributed by atoms with E-state index in [-0.39, 0.29) is 17.7 Å². The SMILES string of the molecule is CCOC(=O)C1=C(C)N=c2s/c(=C\c3cc(-c4ccccc4)n(-c4ccc(Br)cc4)c3-c3ccccc3)c(=O)n2[C@H]1c1cc(OC)ccc1OC. The minimum atomic E-state index is -0.867. The van der Waals surface area contributed by atoms with E-state index in [2.05, 4.69) is 63.0 Å². The molecule has 256 valence electrons. The molecular weight excluding hydrogens is 726 g/mol. The second-order valence-electron chi connectivity index (χ2n) is 11.8. The lowest BCUT2D eigenvalue weighted by Crippen LogP contribution is -2.40. The first-order valence-electron chi connectivity index (χ1n) is 16.4. The van der Waals surface area contributed by atoms with Gasteiger partial charge in [0.2, 0.25) is 0 Å². The monoisotopic (exact) mass is 759 g/mol. The zero-order valence-electron chi connectivity index (χ0n) is 28.4. The second kappa shape index (κ2) is 14.4. The van der Waals surface area contributed by atoms with Gasteiger partial charge in [-0.1, -0.05) is 87.9 Å². The molecule has 1 aliphatic heterocycles. The van der Waals surface area contributed by atoms with Crippen LogP contribution < -0.4 is 24.4 Å². The van der Waals surface area contributed by atoms with Crippen molar-refractivity contribution >= 4 is 39.3 Å². The minimum Gasteiger partial charge on any atom is -0.497 e. The van der Waals surface area contributed by atoms with Gasteiger partial charge < -0.3 is 18.8 Å². The van der Waals surface area contributed by atoms with Crippen molar-refractivity contribution in [2.75, 3.05) is 20.8 Å². The van der Waals surface area contributed by atoms with E-state index in [9.17, 15) is 9.59 Å². The van der Waals surface area contributed by atoms with Crippen LogP contribution in [0.25, 0.3) is 34.3 Å². The average Bonchev–Trinajstić information content (AvgIpc) is 3.68. The van der Waals surface area contributed by atoms with Gasteiger partial charge >= 0.3 is 5.97 Å². The molecule has 0 saturated carbocycles. The van der Waals surface area contributed by atoms with Crippen molar-refractivity contribution in [1.29, 1.82) is 0 Å². The van der Waals surface area contributed by atoms with Crippen molar-refractivity contribution in [3.8, 4) is 39.7 Å². The molecule has 6 aromatic rings. The molecule has 1 aliphatic rings. The van der Waals surface area contributed by atoms with Gasteiger partial charge in [-0.05, 0) is 79.6 Å². The van der Waals surface area contributed by atoms with Crippen LogP contribution in [0.5, 0.6) is 11.5 Å². The third-order valence-corrected chi connectivity index (χ3v) is 10.3. The lowest BCUT2D eigenvalue weighted by Gasteiger charge is -2.26. The van der Waals surface area contributed by atoms with Gasteiger partial charge in [-0.2, -0.15) is 0 Å². The molecule has 3 heterocycles. The van der Waals surface area contributed by atoms with Crippen LogP contribution in [0, 0.1) is 0 Å². The summed E-state index contributed by atoms with van der Waals surface area (Å²) in [6, 6.07) is 35.1. The Hall–Kier alpha value is -5.45. The summed E-state index contributed by atoms with van der Waals surface area (Å²) in [4.78, 5) is 33.5. The Kier molecular flexibility index (Phi) is 9.62. The van der Waals surface area contributed by atoms with E-state index in [1.807, 2.05) is 54.6 Å². The fourth-order valence-electron chi connectivity index (χ4n) is 6.49. The topological polar surface area (TPSA) is 84.1 Å². The summed E-state index contributed by atoms with van der Waals surface area (Å²) in [5.74, 6) is 0.506. The van der Waals surface area contributed by atoms with Crippen molar-refractivity contribution < 1.29 is 19.0 Å². The van der Waals surface area contributed by atoms with Gasteiger partial charge in [0.25, 0.3) is 5.56 Å². The summed E-state index contributed by atoms with van der Waals surface area (Å²) < 4.78 is 22.1. The van der Waals surface area contributed by atoms with Gasteiger partial charge in [-0.15, -0.1) is 0 Å². The molecular formula is C41H34BrN3O5S. The number of ether oxygens (including phenoxy) is 3. The van der Waals surface area contributed by atoms with Crippen LogP contribution in [-0.4, -0.2) is 35.9 Å². The number of halogens is 1. The van der Waals surface area contributed by atoms with Crippen molar-refractivity contribution in [2.45, 2.75) is 19.9 Å². The van der Waals surface area contributed by atoms with Crippen LogP contribution in [0.3, 0.4) is 0 Å². The molecule has 7 rings (SSSR count). The number of allylic oxidation sites excluding steroid dienone is 1. The predicted octanol–water partition coefficient (Wildman–Crippen LogP) is 7.70. The molecule has 0 spiro atoms. The molecule has 0 fully saturated rings. The Balaban J connectivity index is 1.52. The number of hydrogen-bond donors (Lipinski definition) is 0. The van der Waals surface area contributed by atoms with Crippen LogP contribution in [0.2, 0.25) is 0 Å². The first-order chi connectivity index (χ1) is 24.8. The highest BCUT2D eigenvalue weighted by Crippen LogP contribution is 2.39. The maximum absolute atomic E-state index is 14.7. The van der Waals surface area contributed by atoms with E-state index in [1.54, 1.807) is 50.8 Å². The smallest absolute Gasteiger partial charge is 0.338 e. The summed E-state index contributed by atoms with van der Waals surface area (Å²) >= 11 is 4.86. The van der Waals surface area contributed by atoms with Crippen molar-refractivity contribution in [1.82, 2.24) is 9.13 Å². The molecule has 10 heteroatoms.